The Kier molecular flexibility index (Phi) is 5.28. The van der Waals surface area contributed by atoms with Crippen LogP contribution < -0.4 is 11.1 Å². The predicted molar refractivity (Wildman–Crippen MR) is 74.6 cm³/mol. The van der Waals surface area contributed by atoms with Gasteiger partial charge < -0.3 is 11.1 Å². The highest BCUT2D eigenvalue weighted by molar-refractivity contribution is 7.19. The van der Waals surface area contributed by atoms with Crippen LogP contribution >= 0.6 is 46.1 Å². The molecule has 1 aromatic heterocycles. The van der Waals surface area contributed by atoms with E-state index in [-0.39, 0.29) is 25.2 Å². The number of halogens is 3. The lowest BCUT2D eigenvalue weighted by atomic mass is 10.0. The number of nitrogens with two attached hydrogens (primary N) is 1. The van der Waals surface area contributed by atoms with E-state index in [1.807, 2.05) is 0 Å². The first-order valence-corrected chi connectivity index (χ1v) is 6.94. The number of amides is 2. The molecule has 1 aromatic rings. The molecule has 0 saturated carbocycles. The number of hydrogen-bond donors (Lipinski definition) is 2. The SMILES string of the molecule is CC(C)[C@H](NC(=O)c1sc(Cl)c(Cl)c1Cl)C(N)=O. The van der Waals surface area contributed by atoms with Crippen molar-refractivity contribution < 1.29 is 9.59 Å². The molecule has 0 aliphatic carbocycles. The zero-order valence-corrected chi connectivity index (χ0v) is 12.7. The lowest BCUT2D eigenvalue weighted by molar-refractivity contribution is -0.120. The third kappa shape index (κ3) is 3.29. The van der Waals surface area contributed by atoms with E-state index in [1.165, 1.54) is 0 Å². The van der Waals surface area contributed by atoms with E-state index in [0.717, 1.165) is 11.3 Å². The second-order valence-electron chi connectivity index (χ2n) is 3.93. The van der Waals surface area contributed by atoms with E-state index < -0.39 is 17.9 Å². The van der Waals surface area contributed by atoms with Crippen molar-refractivity contribution >= 4 is 58.0 Å². The number of rotatable bonds is 4. The zero-order chi connectivity index (χ0) is 14.0. The maximum Gasteiger partial charge on any atom is 0.263 e. The summed E-state index contributed by atoms with van der Waals surface area (Å²) < 4.78 is 0.229. The summed E-state index contributed by atoms with van der Waals surface area (Å²) in [5, 5.41) is 2.72. The van der Waals surface area contributed by atoms with Crippen LogP contribution in [0.2, 0.25) is 14.4 Å². The van der Waals surface area contributed by atoms with Gasteiger partial charge >= 0.3 is 0 Å². The molecule has 18 heavy (non-hydrogen) atoms. The van der Waals surface area contributed by atoms with E-state index in [0.29, 0.717) is 0 Å². The van der Waals surface area contributed by atoms with Gasteiger partial charge in [-0.1, -0.05) is 48.7 Å². The molecule has 100 valence electrons. The van der Waals surface area contributed by atoms with Crippen LogP contribution in [0.5, 0.6) is 0 Å². The molecule has 0 fully saturated rings. The summed E-state index contributed by atoms with van der Waals surface area (Å²) in [5.74, 6) is -1.25. The Labute approximate surface area is 123 Å². The van der Waals surface area contributed by atoms with E-state index in [1.54, 1.807) is 13.8 Å². The van der Waals surface area contributed by atoms with Gasteiger partial charge in [-0.3, -0.25) is 9.59 Å². The summed E-state index contributed by atoms with van der Waals surface area (Å²) in [6.07, 6.45) is 0. The summed E-state index contributed by atoms with van der Waals surface area (Å²) in [4.78, 5) is 23.3. The molecule has 1 atom stereocenters. The normalized spacial score (nSPS) is 12.6. The molecule has 0 bridgehead atoms. The molecule has 0 spiro atoms. The average molecular weight is 330 g/mol. The van der Waals surface area contributed by atoms with Crippen LogP contribution in [0.3, 0.4) is 0 Å². The maximum absolute atomic E-state index is 11.9. The van der Waals surface area contributed by atoms with Crippen molar-refractivity contribution in [2.24, 2.45) is 11.7 Å². The standard InChI is InChI=1S/C10H11Cl3N2O2S/c1-3(2)6(9(14)16)15-10(17)7-4(11)5(12)8(13)18-7/h3,6H,1-2H3,(H2,14,16)(H,15,17)/t6-/m0/s1. The fourth-order valence-electron chi connectivity index (χ4n) is 1.28. The van der Waals surface area contributed by atoms with Gasteiger partial charge in [0, 0.05) is 0 Å². The Morgan fingerprint density at radius 1 is 1.22 bits per heavy atom. The molecule has 4 nitrogen and oxygen atoms in total. The first-order valence-electron chi connectivity index (χ1n) is 4.99. The Morgan fingerprint density at radius 2 is 1.78 bits per heavy atom. The predicted octanol–water partition coefficient (Wildman–Crippen LogP) is 2.95. The molecule has 0 aliphatic rings. The largest absolute Gasteiger partial charge is 0.368 e. The first kappa shape index (κ1) is 15.6. The molecule has 3 N–H and O–H groups in total. The van der Waals surface area contributed by atoms with Crippen molar-refractivity contribution in [2.45, 2.75) is 19.9 Å². The van der Waals surface area contributed by atoms with Crippen LogP contribution in [0.25, 0.3) is 0 Å². The van der Waals surface area contributed by atoms with Crippen molar-refractivity contribution in [2.75, 3.05) is 0 Å². The third-order valence-corrected chi connectivity index (χ3v) is 4.79. The number of primary amides is 1. The van der Waals surface area contributed by atoms with Gasteiger partial charge in [0.15, 0.2) is 0 Å². The molecule has 0 saturated heterocycles. The monoisotopic (exact) mass is 328 g/mol. The fraction of sp³-hybridized carbons (Fsp3) is 0.400. The van der Waals surface area contributed by atoms with Crippen LogP contribution in [0.4, 0.5) is 0 Å². The minimum absolute atomic E-state index is 0.0798. The Bertz CT molecular complexity index is 488. The van der Waals surface area contributed by atoms with Gasteiger partial charge in [0.25, 0.3) is 5.91 Å². The fourth-order valence-corrected chi connectivity index (χ4v) is 2.99. The molecular weight excluding hydrogens is 319 g/mol. The Hall–Kier alpha value is -0.490. The van der Waals surface area contributed by atoms with Gasteiger partial charge in [0.05, 0.1) is 10.0 Å². The average Bonchev–Trinajstić information content (AvgIpc) is 2.52. The summed E-state index contributed by atoms with van der Waals surface area (Å²) in [7, 11) is 0. The minimum atomic E-state index is -0.770. The van der Waals surface area contributed by atoms with E-state index in [4.69, 9.17) is 40.5 Å². The summed E-state index contributed by atoms with van der Waals surface area (Å²) >= 11 is 18.4. The highest BCUT2D eigenvalue weighted by Gasteiger charge is 2.26. The van der Waals surface area contributed by atoms with Crippen LogP contribution in [0.15, 0.2) is 0 Å². The lowest BCUT2D eigenvalue weighted by Crippen LogP contribution is -2.47. The Balaban J connectivity index is 2.94. The lowest BCUT2D eigenvalue weighted by Gasteiger charge is -2.18. The summed E-state index contributed by atoms with van der Waals surface area (Å²) in [5.41, 5.74) is 5.20. The molecule has 8 heteroatoms. The number of nitrogens with one attached hydrogen (secondary N) is 1. The molecule has 2 amide bonds. The first-order chi connectivity index (χ1) is 8.25. The summed E-state index contributed by atoms with van der Waals surface area (Å²) in [6, 6.07) is -0.770. The van der Waals surface area contributed by atoms with Gasteiger partial charge in [-0.15, -0.1) is 11.3 Å². The highest BCUT2D eigenvalue weighted by atomic mass is 35.5. The van der Waals surface area contributed by atoms with Crippen LogP contribution in [0.1, 0.15) is 23.5 Å². The molecule has 1 heterocycles. The third-order valence-electron chi connectivity index (χ3n) is 2.22. The van der Waals surface area contributed by atoms with E-state index in [9.17, 15) is 9.59 Å². The van der Waals surface area contributed by atoms with Crippen molar-refractivity contribution in [3.05, 3.63) is 19.3 Å². The van der Waals surface area contributed by atoms with Crippen molar-refractivity contribution in [3.63, 3.8) is 0 Å². The Morgan fingerprint density at radius 3 is 2.11 bits per heavy atom. The smallest absolute Gasteiger partial charge is 0.263 e. The highest BCUT2D eigenvalue weighted by Crippen LogP contribution is 2.40. The topological polar surface area (TPSA) is 72.2 Å². The second kappa shape index (κ2) is 6.10. The minimum Gasteiger partial charge on any atom is -0.368 e. The number of hydrogen-bond acceptors (Lipinski definition) is 3. The molecule has 0 unspecified atom stereocenters. The quantitative estimate of drug-likeness (QED) is 0.891. The van der Waals surface area contributed by atoms with Gasteiger partial charge in [0.1, 0.15) is 15.3 Å². The molecule has 0 aromatic carbocycles. The molecular formula is C10H11Cl3N2O2S. The molecule has 0 radical (unpaired) electrons. The van der Waals surface area contributed by atoms with E-state index in [2.05, 4.69) is 5.32 Å². The van der Waals surface area contributed by atoms with Crippen LogP contribution in [-0.2, 0) is 4.79 Å². The number of thiophene rings is 1. The van der Waals surface area contributed by atoms with Crippen molar-refractivity contribution in [1.82, 2.24) is 5.32 Å². The van der Waals surface area contributed by atoms with Crippen molar-refractivity contribution in [1.29, 1.82) is 0 Å². The van der Waals surface area contributed by atoms with E-state index >= 15 is 0 Å². The van der Waals surface area contributed by atoms with Gasteiger partial charge in [-0.2, -0.15) is 0 Å². The summed E-state index contributed by atoms with van der Waals surface area (Å²) in [6.45, 7) is 3.54. The molecule has 0 aliphatic heterocycles. The second-order valence-corrected chi connectivity index (χ2v) is 6.31. The number of carbonyl (C=O) groups excluding carboxylic acids is 2. The van der Waals surface area contributed by atoms with Crippen molar-refractivity contribution in [3.8, 4) is 0 Å². The zero-order valence-electron chi connectivity index (χ0n) is 9.59. The molecule has 1 rings (SSSR count). The van der Waals surface area contributed by atoms with Gasteiger partial charge in [-0.25, -0.2) is 0 Å². The van der Waals surface area contributed by atoms with Crippen LogP contribution in [0, 0.1) is 5.92 Å². The maximum atomic E-state index is 11.9. The number of carbonyl (C=O) groups is 2. The van der Waals surface area contributed by atoms with Gasteiger partial charge in [-0.05, 0) is 5.92 Å². The van der Waals surface area contributed by atoms with Gasteiger partial charge in [0.2, 0.25) is 5.91 Å². The van der Waals surface area contributed by atoms with Crippen LogP contribution in [-0.4, -0.2) is 17.9 Å².